The summed E-state index contributed by atoms with van der Waals surface area (Å²) in [5.74, 6) is -2.18. The third kappa shape index (κ3) is 9.34. The average molecular weight is 746 g/mol. The Kier molecular flexibility index (Phi) is 12.6. The molecule has 4 aromatic rings. The van der Waals surface area contributed by atoms with Gasteiger partial charge in [-0.2, -0.15) is 0 Å². The Hall–Kier alpha value is -5.42. The Morgan fingerprint density at radius 2 is 1.62 bits per heavy atom. The number of aromatic nitrogens is 1. The first-order valence-electron chi connectivity index (χ1n) is 17.1. The molecule has 3 heterocycles. The van der Waals surface area contributed by atoms with Crippen LogP contribution in [0.15, 0.2) is 60.7 Å². The van der Waals surface area contributed by atoms with Gasteiger partial charge in [0.2, 0.25) is 11.8 Å². The molecule has 6 rings (SSSR count). The van der Waals surface area contributed by atoms with Gasteiger partial charge in [-0.15, -0.1) is 11.3 Å². The number of piperidine rings is 1. The molecule has 3 N–H and O–H groups in total. The van der Waals surface area contributed by atoms with E-state index in [4.69, 9.17) is 28.7 Å². The van der Waals surface area contributed by atoms with E-state index in [0.717, 1.165) is 37.1 Å². The maximum absolute atomic E-state index is 13.1. The van der Waals surface area contributed by atoms with Crippen molar-refractivity contribution in [3.8, 4) is 22.1 Å². The smallest absolute Gasteiger partial charge is 0.266 e. The predicted molar refractivity (Wildman–Crippen MR) is 194 cm³/mol. The van der Waals surface area contributed by atoms with Gasteiger partial charge in [-0.1, -0.05) is 6.07 Å². The maximum Gasteiger partial charge on any atom is 0.266 e. The van der Waals surface area contributed by atoms with Gasteiger partial charge in [-0.3, -0.25) is 34.2 Å². The number of amides is 5. The number of benzene rings is 3. The van der Waals surface area contributed by atoms with Gasteiger partial charge < -0.3 is 34.3 Å². The second kappa shape index (κ2) is 17.9. The molecule has 1 saturated heterocycles. The standard InChI is InChI=1S/C37H39N5O10S/c1-38-24-7-5-23(6-8-24)35-40-27-10-9-25(21-30(27)53-35)51-20-19-50-18-17-49-16-15-48-14-13-39-32(44)22-52-29-4-2-3-26-33(29)37(47)42(36(26)46)28-11-12-31(43)41-34(28)45/h2-10,21,28,38H,11-20,22H2,1H3,(H,39,44)(H,41,43,45). The molecule has 5 amide bonds. The van der Waals surface area contributed by atoms with E-state index >= 15 is 0 Å². The SMILES string of the molecule is CNc1ccc(-c2nc3ccc(OCCOCCOCCOCCNC(=O)COc4cccc5c4C(=O)N(C4CCC(=O)NC4=O)C5=O)cc3s2)cc1. The van der Waals surface area contributed by atoms with Gasteiger partial charge in [-0.25, -0.2) is 4.98 Å². The molecule has 0 saturated carbocycles. The normalized spacial score (nSPS) is 15.4. The number of fused-ring (bicyclic) bond motifs is 2. The third-order valence-corrected chi connectivity index (χ3v) is 9.45. The number of carbonyl (C=O) groups is 5. The van der Waals surface area contributed by atoms with Crippen LogP contribution in [0.1, 0.15) is 33.6 Å². The average Bonchev–Trinajstić information content (AvgIpc) is 3.70. The molecule has 2 aliphatic heterocycles. The summed E-state index contributed by atoms with van der Waals surface area (Å²) < 4.78 is 29.1. The van der Waals surface area contributed by atoms with Crippen LogP contribution in [0.3, 0.4) is 0 Å². The van der Waals surface area contributed by atoms with Gasteiger partial charge in [-0.05, 0) is 61.0 Å². The number of ether oxygens (including phenoxy) is 5. The zero-order valence-corrected chi connectivity index (χ0v) is 29.8. The molecule has 1 atom stereocenters. The number of hydrogen-bond donors (Lipinski definition) is 3. The van der Waals surface area contributed by atoms with Crippen LogP contribution in [0.4, 0.5) is 5.69 Å². The van der Waals surface area contributed by atoms with Crippen molar-refractivity contribution in [3.05, 3.63) is 71.8 Å². The van der Waals surface area contributed by atoms with E-state index in [1.54, 1.807) is 11.3 Å². The van der Waals surface area contributed by atoms with Crippen molar-refractivity contribution in [1.82, 2.24) is 20.5 Å². The number of anilines is 1. The summed E-state index contributed by atoms with van der Waals surface area (Å²) in [5.41, 5.74) is 3.09. The minimum Gasteiger partial charge on any atom is -0.491 e. The van der Waals surface area contributed by atoms with Crippen LogP contribution < -0.4 is 25.4 Å². The lowest BCUT2D eigenvalue weighted by molar-refractivity contribution is -0.136. The van der Waals surface area contributed by atoms with Gasteiger partial charge >= 0.3 is 0 Å². The second-order valence-corrected chi connectivity index (χ2v) is 13.0. The van der Waals surface area contributed by atoms with Crippen LogP contribution >= 0.6 is 11.3 Å². The van der Waals surface area contributed by atoms with E-state index in [0.29, 0.717) is 39.6 Å². The van der Waals surface area contributed by atoms with Crippen molar-refractivity contribution >= 4 is 56.8 Å². The predicted octanol–water partition coefficient (Wildman–Crippen LogP) is 3.03. The monoisotopic (exact) mass is 745 g/mol. The van der Waals surface area contributed by atoms with Crippen LogP contribution in [0.2, 0.25) is 0 Å². The molecule has 1 unspecified atom stereocenters. The Labute approximate surface area is 308 Å². The fourth-order valence-electron chi connectivity index (χ4n) is 5.72. The molecule has 278 valence electrons. The molecule has 0 radical (unpaired) electrons. The van der Waals surface area contributed by atoms with Crippen molar-refractivity contribution in [3.63, 3.8) is 0 Å². The molecule has 1 aromatic heterocycles. The summed E-state index contributed by atoms with van der Waals surface area (Å²) in [6.45, 7) is 2.36. The minimum absolute atomic E-state index is 0.0135. The van der Waals surface area contributed by atoms with Gasteiger partial charge in [0.25, 0.3) is 17.7 Å². The fourth-order valence-corrected chi connectivity index (χ4v) is 6.72. The third-order valence-electron chi connectivity index (χ3n) is 8.38. The largest absolute Gasteiger partial charge is 0.491 e. The minimum atomic E-state index is -1.10. The number of imide groups is 2. The molecule has 0 spiro atoms. The Morgan fingerprint density at radius 3 is 2.36 bits per heavy atom. The number of rotatable bonds is 19. The van der Waals surface area contributed by atoms with Crippen molar-refractivity contribution in [1.29, 1.82) is 0 Å². The van der Waals surface area contributed by atoms with E-state index in [-0.39, 0.29) is 42.9 Å². The number of nitrogens with one attached hydrogen (secondary N) is 3. The second-order valence-electron chi connectivity index (χ2n) is 11.9. The zero-order valence-electron chi connectivity index (χ0n) is 29.0. The lowest BCUT2D eigenvalue weighted by atomic mass is 10.0. The highest BCUT2D eigenvalue weighted by atomic mass is 32.1. The topological polar surface area (TPSA) is 184 Å². The first kappa shape index (κ1) is 37.3. The van der Waals surface area contributed by atoms with Gasteiger partial charge in [0, 0.05) is 31.3 Å². The molecule has 16 heteroatoms. The van der Waals surface area contributed by atoms with E-state index in [9.17, 15) is 24.0 Å². The number of hydrogen-bond acceptors (Lipinski definition) is 13. The maximum atomic E-state index is 13.1. The summed E-state index contributed by atoms with van der Waals surface area (Å²) in [6, 6.07) is 17.4. The molecule has 0 bridgehead atoms. The Bertz CT molecular complexity index is 1970. The summed E-state index contributed by atoms with van der Waals surface area (Å²) in [5, 5.41) is 8.89. The van der Waals surface area contributed by atoms with E-state index in [1.165, 1.54) is 18.2 Å². The van der Waals surface area contributed by atoms with Gasteiger partial charge in [0.15, 0.2) is 6.61 Å². The Morgan fingerprint density at radius 1 is 0.887 bits per heavy atom. The number of thiazole rings is 1. The molecule has 3 aromatic carbocycles. The van der Waals surface area contributed by atoms with Crippen molar-refractivity contribution < 1.29 is 47.7 Å². The summed E-state index contributed by atoms with van der Waals surface area (Å²) in [7, 11) is 1.89. The molecule has 2 aliphatic rings. The van der Waals surface area contributed by atoms with E-state index < -0.39 is 42.2 Å². The summed E-state index contributed by atoms with van der Waals surface area (Å²) in [4.78, 5) is 67.8. The summed E-state index contributed by atoms with van der Waals surface area (Å²) in [6.07, 6.45) is 0.0520. The van der Waals surface area contributed by atoms with Crippen LogP contribution in [0, 0.1) is 0 Å². The van der Waals surface area contributed by atoms with E-state index in [1.807, 2.05) is 37.4 Å². The van der Waals surface area contributed by atoms with Crippen molar-refractivity contribution in [2.24, 2.45) is 0 Å². The first-order chi connectivity index (χ1) is 25.8. The molecule has 15 nitrogen and oxygen atoms in total. The lowest BCUT2D eigenvalue weighted by Gasteiger charge is -2.27. The summed E-state index contributed by atoms with van der Waals surface area (Å²) >= 11 is 1.62. The highest BCUT2D eigenvalue weighted by Gasteiger charge is 2.46. The highest BCUT2D eigenvalue weighted by Crippen LogP contribution is 2.34. The molecule has 0 aliphatic carbocycles. The highest BCUT2D eigenvalue weighted by molar-refractivity contribution is 7.21. The van der Waals surface area contributed by atoms with Crippen LogP contribution in [0.25, 0.3) is 20.8 Å². The van der Waals surface area contributed by atoms with E-state index in [2.05, 4.69) is 28.1 Å². The quantitative estimate of drug-likeness (QED) is 0.0944. The fraction of sp³-hybridized carbons (Fsp3) is 0.351. The van der Waals surface area contributed by atoms with Gasteiger partial charge in [0.05, 0.1) is 61.0 Å². The zero-order chi connectivity index (χ0) is 37.2. The number of carbonyl (C=O) groups excluding carboxylic acids is 5. The molecular formula is C37H39N5O10S. The van der Waals surface area contributed by atoms with Crippen molar-refractivity contribution in [2.45, 2.75) is 18.9 Å². The molecular weight excluding hydrogens is 706 g/mol. The lowest BCUT2D eigenvalue weighted by Crippen LogP contribution is -2.54. The van der Waals surface area contributed by atoms with Gasteiger partial charge in [0.1, 0.15) is 29.2 Å². The molecule has 53 heavy (non-hydrogen) atoms. The number of nitrogens with zero attached hydrogens (tertiary/aromatic N) is 2. The van der Waals surface area contributed by atoms with Crippen LogP contribution in [0.5, 0.6) is 11.5 Å². The van der Waals surface area contributed by atoms with Crippen LogP contribution in [-0.2, 0) is 28.6 Å². The molecule has 1 fully saturated rings. The van der Waals surface area contributed by atoms with Crippen molar-refractivity contribution in [2.75, 3.05) is 71.8 Å². The first-order valence-corrected chi connectivity index (χ1v) is 17.9. The van der Waals surface area contributed by atoms with Crippen LogP contribution in [-0.4, -0.2) is 112 Å². The Balaban J connectivity index is 0.792.